The Hall–Kier alpha value is -2.33. The van der Waals surface area contributed by atoms with Gasteiger partial charge in [-0.25, -0.2) is 4.98 Å². The summed E-state index contributed by atoms with van der Waals surface area (Å²) < 4.78 is 2.11. The topological polar surface area (TPSA) is 30.2 Å². The van der Waals surface area contributed by atoms with Crippen LogP contribution in [0.25, 0.3) is 16.8 Å². The number of aliphatic imine (C=N–C) groups is 1. The minimum absolute atomic E-state index is 0.117. The summed E-state index contributed by atoms with van der Waals surface area (Å²) in [6.07, 6.45) is 7.34. The fraction of sp³-hybridized carbons (Fsp3) is 0.467. The molecule has 3 nitrogen and oxygen atoms in total. The second-order valence-corrected chi connectivity index (χ2v) is 10.9. The molecule has 0 fully saturated rings. The maximum atomic E-state index is 4.92. The average Bonchev–Trinajstić information content (AvgIpc) is 3.16. The van der Waals surface area contributed by atoms with Crippen LogP contribution in [0.15, 0.2) is 65.5 Å². The summed E-state index contributed by atoms with van der Waals surface area (Å²) in [6, 6.07) is 8.61. The highest BCUT2D eigenvalue weighted by molar-refractivity contribution is 7.80. The van der Waals surface area contributed by atoms with Gasteiger partial charge in [0.15, 0.2) is 0 Å². The number of imidazole rings is 1. The van der Waals surface area contributed by atoms with Crippen molar-refractivity contribution in [3.8, 4) is 11.3 Å². The predicted octanol–water partition coefficient (Wildman–Crippen LogP) is 8.72. The van der Waals surface area contributed by atoms with E-state index in [-0.39, 0.29) is 5.25 Å². The van der Waals surface area contributed by atoms with Crippen LogP contribution in [0.2, 0.25) is 0 Å². The van der Waals surface area contributed by atoms with E-state index in [9.17, 15) is 0 Å². The lowest BCUT2D eigenvalue weighted by Gasteiger charge is -2.22. The Labute approximate surface area is 213 Å². The van der Waals surface area contributed by atoms with Gasteiger partial charge in [-0.05, 0) is 61.7 Å². The number of hydrogen-bond acceptors (Lipinski definition) is 3. The first-order chi connectivity index (χ1) is 15.9. The van der Waals surface area contributed by atoms with Gasteiger partial charge in [0.2, 0.25) is 0 Å². The number of thiol groups is 1. The van der Waals surface area contributed by atoms with Crippen LogP contribution in [0, 0.1) is 17.8 Å². The van der Waals surface area contributed by atoms with Crippen molar-refractivity contribution in [3.63, 3.8) is 0 Å². The molecule has 2 atom stereocenters. The van der Waals surface area contributed by atoms with Gasteiger partial charge in [0.25, 0.3) is 0 Å². The molecule has 0 aliphatic carbocycles. The summed E-state index contributed by atoms with van der Waals surface area (Å²) >= 11 is 4.87. The van der Waals surface area contributed by atoms with Gasteiger partial charge in [-0.2, -0.15) is 12.6 Å². The molecule has 0 bridgehead atoms. The number of hydrogen-bond donors (Lipinski definition) is 1. The van der Waals surface area contributed by atoms with Gasteiger partial charge in [-0.3, -0.25) is 4.99 Å². The number of aromatic nitrogens is 2. The Morgan fingerprint density at radius 1 is 1.06 bits per heavy atom. The van der Waals surface area contributed by atoms with E-state index in [1.807, 2.05) is 0 Å². The minimum atomic E-state index is 0.117. The van der Waals surface area contributed by atoms with Crippen molar-refractivity contribution < 1.29 is 0 Å². The summed E-state index contributed by atoms with van der Waals surface area (Å²) in [5, 5.41) is 0.117. The largest absolute Gasteiger partial charge is 0.336 e. The molecule has 1 aromatic heterocycles. The molecule has 2 rings (SSSR count). The Bertz CT molecular complexity index is 1060. The number of aryl methyl sites for hydroxylation is 1. The Balaban J connectivity index is 2.16. The first kappa shape index (κ1) is 27.9. The molecule has 184 valence electrons. The maximum absolute atomic E-state index is 4.92. The molecule has 34 heavy (non-hydrogen) atoms. The molecule has 0 radical (unpaired) electrons. The van der Waals surface area contributed by atoms with Crippen LogP contribution in [-0.2, 0) is 7.05 Å². The maximum Gasteiger partial charge on any atom is 0.122 e. The van der Waals surface area contributed by atoms with Crippen molar-refractivity contribution in [2.45, 2.75) is 67.1 Å². The Morgan fingerprint density at radius 2 is 1.68 bits per heavy atom. The fourth-order valence-electron chi connectivity index (χ4n) is 3.80. The fourth-order valence-corrected chi connectivity index (χ4v) is 4.38. The van der Waals surface area contributed by atoms with E-state index in [0.717, 1.165) is 40.5 Å². The molecule has 0 N–H and O–H groups in total. The van der Waals surface area contributed by atoms with Crippen LogP contribution in [0.5, 0.6) is 0 Å². The van der Waals surface area contributed by atoms with Crippen LogP contribution >= 0.6 is 12.6 Å². The molecule has 0 amide bonds. The van der Waals surface area contributed by atoms with Gasteiger partial charge >= 0.3 is 0 Å². The van der Waals surface area contributed by atoms with Crippen molar-refractivity contribution in [2.75, 3.05) is 0 Å². The summed E-state index contributed by atoms with van der Waals surface area (Å²) in [5.41, 5.74) is 7.53. The van der Waals surface area contributed by atoms with E-state index in [4.69, 9.17) is 17.6 Å². The lowest BCUT2D eigenvalue weighted by atomic mass is 9.94. The van der Waals surface area contributed by atoms with E-state index in [1.165, 1.54) is 11.1 Å². The second-order valence-electron chi connectivity index (χ2n) is 10.3. The number of rotatable bonds is 10. The van der Waals surface area contributed by atoms with Crippen LogP contribution < -0.4 is 0 Å². The smallest absolute Gasteiger partial charge is 0.122 e. The number of benzene rings is 1. The van der Waals surface area contributed by atoms with Gasteiger partial charge in [0.1, 0.15) is 5.82 Å². The lowest BCUT2D eigenvalue weighted by Crippen LogP contribution is -2.14. The monoisotopic (exact) mass is 477 g/mol. The zero-order valence-corrected chi connectivity index (χ0v) is 23.4. The summed E-state index contributed by atoms with van der Waals surface area (Å²) in [7, 11) is 2.06. The molecular weight excluding hydrogens is 434 g/mol. The van der Waals surface area contributed by atoms with E-state index in [0.29, 0.717) is 17.8 Å². The molecule has 0 aliphatic heterocycles. The van der Waals surface area contributed by atoms with E-state index in [2.05, 4.69) is 121 Å². The zero-order valence-electron chi connectivity index (χ0n) is 22.6. The van der Waals surface area contributed by atoms with Gasteiger partial charge in [-0.1, -0.05) is 77.6 Å². The molecule has 1 heterocycles. The van der Waals surface area contributed by atoms with Gasteiger partial charge < -0.3 is 4.57 Å². The lowest BCUT2D eigenvalue weighted by molar-refractivity contribution is 0.400. The SMILES string of the molecule is C=C(N=C(C)CC(C)C)C(C)=CC=C(C)c1ccc(-c2cn(C)c(C(S)C(C)C(C)C)n2)cc1. The molecule has 1 aromatic carbocycles. The molecule has 0 aliphatic rings. The molecule has 2 unspecified atom stereocenters. The minimum Gasteiger partial charge on any atom is -0.336 e. The number of allylic oxidation sites excluding steroid dienone is 4. The van der Waals surface area contributed by atoms with Gasteiger partial charge in [0, 0.05) is 24.5 Å². The molecule has 2 aromatic rings. The van der Waals surface area contributed by atoms with Crippen LogP contribution in [0.4, 0.5) is 0 Å². The van der Waals surface area contributed by atoms with Crippen molar-refractivity contribution in [3.05, 3.63) is 71.9 Å². The van der Waals surface area contributed by atoms with E-state index >= 15 is 0 Å². The molecule has 0 saturated carbocycles. The standard InChI is InChI=1S/C30H43N3S/c1-19(2)17-23(7)31-25(9)21(5)11-12-22(6)26-13-15-27(16-14-26)28-18-33(10)30(32-28)29(34)24(8)20(3)4/h11-16,18-20,24,29,34H,9,17H2,1-8,10H3. The van der Waals surface area contributed by atoms with Gasteiger partial charge in [0.05, 0.1) is 16.6 Å². The van der Waals surface area contributed by atoms with Gasteiger partial charge in [-0.15, -0.1) is 0 Å². The highest BCUT2D eigenvalue weighted by Gasteiger charge is 2.23. The van der Waals surface area contributed by atoms with E-state index in [1.54, 1.807) is 0 Å². The second kappa shape index (κ2) is 12.4. The third kappa shape index (κ3) is 7.59. The number of nitrogens with zero attached hydrogens (tertiary/aromatic N) is 3. The molecular formula is C30H43N3S. The molecule has 4 heteroatoms. The van der Waals surface area contributed by atoms with E-state index < -0.39 is 0 Å². The zero-order chi connectivity index (χ0) is 25.6. The Kier molecular flexibility index (Phi) is 10.2. The highest BCUT2D eigenvalue weighted by Crippen LogP contribution is 2.34. The first-order valence-electron chi connectivity index (χ1n) is 12.3. The molecule has 0 spiro atoms. The predicted molar refractivity (Wildman–Crippen MR) is 153 cm³/mol. The summed E-state index contributed by atoms with van der Waals surface area (Å²) in [4.78, 5) is 9.58. The summed E-state index contributed by atoms with van der Waals surface area (Å²) in [5.74, 6) is 2.63. The first-order valence-corrected chi connectivity index (χ1v) is 12.8. The summed E-state index contributed by atoms with van der Waals surface area (Å²) in [6.45, 7) is 21.5. The molecule has 0 saturated heterocycles. The van der Waals surface area contributed by atoms with Crippen LogP contribution in [0.3, 0.4) is 0 Å². The van der Waals surface area contributed by atoms with Crippen molar-refractivity contribution in [1.29, 1.82) is 0 Å². The van der Waals surface area contributed by atoms with Crippen LogP contribution in [0.1, 0.15) is 78.4 Å². The third-order valence-electron chi connectivity index (χ3n) is 6.43. The average molecular weight is 478 g/mol. The normalized spacial score (nSPS) is 15.2. The van der Waals surface area contributed by atoms with Crippen molar-refractivity contribution >= 4 is 23.9 Å². The van der Waals surface area contributed by atoms with Crippen molar-refractivity contribution in [2.24, 2.45) is 29.8 Å². The highest BCUT2D eigenvalue weighted by atomic mass is 32.1. The third-order valence-corrected chi connectivity index (χ3v) is 7.13. The van der Waals surface area contributed by atoms with Crippen LogP contribution in [-0.4, -0.2) is 15.3 Å². The quantitative estimate of drug-likeness (QED) is 0.207. The Morgan fingerprint density at radius 3 is 2.24 bits per heavy atom. The van der Waals surface area contributed by atoms with Crippen molar-refractivity contribution in [1.82, 2.24) is 9.55 Å².